The van der Waals surface area contributed by atoms with Crippen molar-refractivity contribution in [3.8, 4) is 5.75 Å². The Morgan fingerprint density at radius 1 is 1.36 bits per heavy atom. The predicted octanol–water partition coefficient (Wildman–Crippen LogP) is 2.54. The molecule has 0 aromatic heterocycles. The van der Waals surface area contributed by atoms with Crippen LogP contribution in [0.2, 0.25) is 0 Å². The second-order valence-corrected chi connectivity index (χ2v) is 9.48. The van der Waals surface area contributed by atoms with Crippen molar-refractivity contribution < 1.29 is 8.95 Å². The number of guanidine groups is 1. The zero-order valence-electron chi connectivity index (χ0n) is 17.9. The van der Waals surface area contributed by atoms with Crippen LogP contribution in [0.15, 0.2) is 29.3 Å². The minimum atomic E-state index is -0.718. The highest BCUT2D eigenvalue weighted by molar-refractivity contribution is 7.85. The Morgan fingerprint density at radius 3 is 2.75 bits per heavy atom. The number of rotatable bonds is 8. The molecule has 1 fully saturated rings. The number of methoxy groups -OCH3 is 1. The maximum absolute atomic E-state index is 12.2. The number of nitrogens with zero attached hydrogens (tertiary/aromatic N) is 2. The van der Waals surface area contributed by atoms with Crippen molar-refractivity contribution in [1.82, 2.24) is 15.5 Å². The summed E-state index contributed by atoms with van der Waals surface area (Å²) in [5.41, 5.74) is 1.15. The third kappa shape index (κ3) is 6.21. The molecule has 2 N–H and O–H groups in total. The third-order valence-corrected chi connectivity index (χ3v) is 7.17. The molecular formula is C21H36N4O2S. The van der Waals surface area contributed by atoms with Gasteiger partial charge in [0.15, 0.2) is 5.96 Å². The van der Waals surface area contributed by atoms with E-state index in [0.717, 1.165) is 48.7 Å². The summed E-state index contributed by atoms with van der Waals surface area (Å²) in [5.74, 6) is 2.44. The fraction of sp³-hybridized carbons (Fsp3) is 0.667. The van der Waals surface area contributed by atoms with E-state index in [9.17, 15) is 4.21 Å². The van der Waals surface area contributed by atoms with E-state index in [1.807, 2.05) is 25.1 Å². The topological polar surface area (TPSA) is 66.0 Å². The Hall–Kier alpha value is -1.60. The zero-order valence-corrected chi connectivity index (χ0v) is 18.7. The lowest BCUT2D eigenvalue weighted by Crippen LogP contribution is -2.48. The Labute approximate surface area is 172 Å². The lowest BCUT2D eigenvalue weighted by Gasteiger charge is -2.31. The summed E-state index contributed by atoms with van der Waals surface area (Å²) in [6, 6.07) is 8.60. The van der Waals surface area contributed by atoms with Crippen molar-refractivity contribution in [2.75, 3.05) is 40.6 Å². The molecule has 4 unspecified atom stereocenters. The average molecular weight is 409 g/mol. The molecule has 1 aromatic carbocycles. The molecule has 0 radical (unpaired) electrons. The number of benzene rings is 1. The lowest BCUT2D eigenvalue weighted by molar-refractivity contribution is 0.287. The van der Waals surface area contributed by atoms with Crippen molar-refractivity contribution in [1.29, 1.82) is 0 Å². The van der Waals surface area contributed by atoms with Crippen LogP contribution in [0.4, 0.5) is 0 Å². The number of likely N-dealkylation sites (N-methyl/N-ethyl adjacent to an activating group) is 1. The molecule has 7 heteroatoms. The first-order valence-corrected chi connectivity index (χ1v) is 11.5. The molecule has 0 spiro atoms. The number of ether oxygens (including phenoxy) is 1. The fourth-order valence-electron chi connectivity index (χ4n) is 3.84. The molecule has 4 atom stereocenters. The van der Waals surface area contributed by atoms with Gasteiger partial charge in [-0.2, -0.15) is 0 Å². The highest BCUT2D eigenvalue weighted by Crippen LogP contribution is 2.27. The first-order valence-electron chi connectivity index (χ1n) is 10.1. The molecule has 158 valence electrons. The van der Waals surface area contributed by atoms with E-state index in [-0.39, 0.29) is 6.04 Å². The first-order chi connectivity index (χ1) is 13.5. The second-order valence-electron chi connectivity index (χ2n) is 7.47. The minimum absolute atomic E-state index is 0.154. The van der Waals surface area contributed by atoms with Crippen LogP contribution in [0.1, 0.15) is 44.2 Å². The van der Waals surface area contributed by atoms with Gasteiger partial charge >= 0.3 is 0 Å². The van der Waals surface area contributed by atoms with Crippen LogP contribution in [0.25, 0.3) is 0 Å². The van der Waals surface area contributed by atoms with Crippen LogP contribution >= 0.6 is 0 Å². The summed E-state index contributed by atoms with van der Waals surface area (Å²) in [4.78, 5) is 6.59. The molecule has 1 saturated carbocycles. The Balaban J connectivity index is 1.99. The molecule has 0 saturated heterocycles. The number of aliphatic imine (C=N–C) groups is 1. The van der Waals surface area contributed by atoms with E-state index in [4.69, 9.17) is 4.74 Å². The normalized spacial score (nSPS) is 22.6. The van der Waals surface area contributed by atoms with Crippen LogP contribution in [0.5, 0.6) is 5.75 Å². The van der Waals surface area contributed by atoms with Gasteiger partial charge in [-0.1, -0.05) is 31.5 Å². The third-order valence-electron chi connectivity index (χ3n) is 5.43. The molecular weight excluding hydrogens is 372 g/mol. The van der Waals surface area contributed by atoms with Gasteiger partial charge in [0.05, 0.1) is 13.2 Å². The Morgan fingerprint density at radius 2 is 2.11 bits per heavy atom. The Bertz CT molecular complexity index is 666. The predicted molar refractivity (Wildman–Crippen MR) is 119 cm³/mol. The van der Waals surface area contributed by atoms with E-state index in [1.165, 1.54) is 0 Å². The van der Waals surface area contributed by atoms with E-state index < -0.39 is 10.8 Å². The van der Waals surface area contributed by atoms with Crippen molar-refractivity contribution in [2.24, 2.45) is 4.99 Å². The SMILES string of the molecule is CCS(=O)C1CCCC(NC(=NC)NCC(c2ccccc2OC)N(C)C)C1. The van der Waals surface area contributed by atoms with Gasteiger partial charge in [-0.15, -0.1) is 0 Å². The molecule has 0 heterocycles. The summed E-state index contributed by atoms with van der Waals surface area (Å²) in [7, 11) is 6.93. The van der Waals surface area contributed by atoms with Crippen LogP contribution in [0, 0.1) is 0 Å². The van der Waals surface area contributed by atoms with E-state index >= 15 is 0 Å². The minimum Gasteiger partial charge on any atom is -0.496 e. The van der Waals surface area contributed by atoms with E-state index in [2.05, 4.69) is 40.7 Å². The molecule has 1 aliphatic carbocycles. The summed E-state index contributed by atoms with van der Waals surface area (Å²) in [5, 5.41) is 7.32. The van der Waals surface area contributed by atoms with Gasteiger partial charge in [-0.25, -0.2) is 0 Å². The Kier molecular flexibility index (Phi) is 9.25. The highest BCUT2D eigenvalue weighted by Gasteiger charge is 2.26. The van der Waals surface area contributed by atoms with Crippen molar-refractivity contribution in [2.45, 2.75) is 49.9 Å². The molecule has 0 amide bonds. The van der Waals surface area contributed by atoms with Gasteiger partial charge in [0, 0.05) is 47.0 Å². The smallest absolute Gasteiger partial charge is 0.191 e. The van der Waals surface area contributed by atoms with Crippen molar-refractivity contribution >= 4 is 16.8 Å². The lowest BCUT2D eigenvalue weighted by atomic mass is 9.95. The number of hydrogen-bond donors (Lipinski definition) is 2. The van der Waals surface area contributed by atoms with Gasteiger partial charge in [0.25, 0.3) is 0 Å². The largest absolute Gasteiger partial charge is 0.496 e. The quantitative estimate of drug-likeness (QED) is 0.511. The van der Waals surface area contributed by atoms with Gasteiger partial charge in [-0.3, -0.25) is 9.20 Å². The molecule has 0 aliphatic heterocycles. The maximum atomic E-state index is 12.2. The first kappa shape index (κ1) is 22.7. The second kappa shape index (κ2) is 11.4. The van der Waals surface area contributed by atoms with Crippen LogP contribution < -0.4 is 15.4 Å². The average Bonchev–Trinajstić information content (AvgIpc) is 2.72. The summed E-state index contributed by atoms with van der Waals surface area (Å²) in [6.07, 6.45) is 4.24. The molecule has 2 rings (SSSR count). The molecule has 1 aromatic rings. The van der Waals surface area contributed by atoms with Crippen molar-refractivity contribution in [3.63, 3.8) is 0 Å². The molecule has 28 heavy (non-hydrogen) atoms. The number of para-hydroxylation sites is 1. The van der Waals surface area contributed by atoms with Crippen molar-refractivity contribution in [3.05, 3.63) is 29.8 Å². The van der Waals surface area contributed by atoms with Gasteiger partial charge in [0.1, 0.15) is 5.75 Å². The fourth-order valence-corrected chi connectivity index (χ4v) is 5.19. The zero-order chi connectivity index (χ0) is 20.5. The maximum Gasteiger partial charge on any atom is 0.191 e. The van der Waals surface area contributed by atoms with Gasteiger partial charge < -0.3 is 20.3 Å². The summed E-state index contributed by atoms with van der Waals surface area (Å²) >= 11 is 0. The number of hydrogen-bond acceptors (Lipinski definition) is 4. The van der Waals surface area contributed by atoms with Gasteiger partial charge in [0.2, 0.25) is 0 Å². The van der Waals surface area contributed by atoms with E-state index in [0.29, 0.717) is 17.8 Å². The number of nitrogens with one attached hydrogen (secondary N) is 2. The standard InChI is InChI=1S/C21H36N4O2S/c1-6-28(26)17-11-9-10-16(14-17)24-21(22-2)23-15-19(25(3)4)18-12-7-8-13-20(18)27-5/h7-8,12-13,16-17,19H,6,9-11,14-15H2,1-5H3,(H2,22,23,24). The monoisotopic (exact) mass is 408 g/mol. The molecule has 6 nitrogen and oxygen atoms in total. The van der Waals surface area contributed by atoms with Crippen LogP contribution in [0.3, 0.4) is 0 Å². The molecule has 0 bridgehead atoms. The van der Waals surface area contributed by atoms with E-state index in [1.54, 1.807) is 14.2 Å². The van der Waals surface area contributed by atoms with Gasteiger partial charge in [-0.05, 0) is 39.4 Å². The van der Waals surface area contributed by atoms with Crippen LogP contribution in [-0.4, -0.2) is 66.9 Å². The molecule has 1 aliphatic rings. The van der Waals surface area contributed by atoms with Crippen LogP contribution in [-0.2, 0) is 10.8 Å². The summed E-state index contributed by atoms with van der Waals surface area (Å²) < 4.78 is 17.7. The summed E-state index contributed by atoms with van der Waals surface area (Å²) in [6.45, 7) is 2.72. The highest BCUT2D eigenvalue weighted by atomic mass is 32.2.